The van der Waals surface area contributed by atoms with Crippen LogP contribution in [0.3, 0.4) is 0 Å². The number of nitrogens with zero attached hydrogens (tertiary/aromatic N) is 2. The fourth-order valence-electron chi connectivity index (χ4n) is 2.15. The maximum absolute atomic E-state index is 11.3. The lowest BCUT2D eigenvalue weighted by Gasteiger charge is -2.37. The van der Waals surface area contributed by atoms with E-state index in [0.717, 1.165) is 6.42 Å². The molecule has 7 nitrogen and oxygen atoms in total. The van der Waals surface area contributed by atoms with Gasteiger partial charge in [0, 0.05) is 12.3 Å². The van der Waals surface area contributed by atoms with E-state index in [1.54, 1.807) is 0 Å². The largest absolute Gasteiger partial charge is 0.481 e. The van der Waals surface area contributed by atoms with Gasteiger partial charge < -0.3 is 9.84 Å². The Labute approximate surface area is 103 Å². The van der Waals surface area contributed by atoms with Gasteiger partial charge in [-0.25, -0.2) is 4.98 Å². The maximum Gasteiger partial charge on any atom is 0.331 e. The predicted molar refractivity (Wildman–Crippen MR) is 60.6 cm³/mol. The first-order valence-electron chi connectivity index (χ1n) is 5.43. The first kappa shape index (κ1) is 12.3. The minimum absolute atomic E-state index is 0.108. The molecule has 0 amide bonds. The van der Waals surface area contributed by atoms with Crippen LogP contribution in [-0.2, 0) is 10.2 Å². The molecular weight excluding hydrogens is 240 g/mol. The molecule has 1 saturated carbocycles. The van der Waals surface area contributed by atoms with Crippen molar-refractivity contribution < 1.29 is 19.6 Å². The van der Waals surface area contributed by atoms with Crippen molar-refractivity contribution in [3.05, 3.63) is 27.9 Å². The van der Waals surface area contributed by atoms with Crippen LogP contribution in [0.2, 0.25) is 0 Å². The summed E-state index contributed by atoms with van der Waals surface area (Å²) < 4.78 is 4.79. The van der Waals surface area contributed by atoms with Crippen molar-refractivity contribution in [2.75, 3.05) is 7.11 Å². The number of carbonyl (C=O) groups is 1. The lowest BCUT2D eigenvalue weighted by atomic mass is 9.65. The lowest BCUT2D eigenvalue weighted by molar-refractivity contribution is -0.386. The van der Waals surface area contributed by atoms with Crippen molar-refractivity contribution in [2.45, 2.75) is 24.7 Å². The topological polar surface area (TPSA) is 103 Å². The molecule has 1 aliphatic rings. The quantitative estimate of drug-likeness (QED) is 0.643. The second-order valence-corrected chi connectivity index (χ2v) is 4.25. The zero-order chi connectivity index (χ0) is 13.3. The monoisotopic (exact) mass is 252 g/mol. The summed E-state index contributed by atoms with van der Waals surface area (Å²) in [4.78, 5) is 25.4. The molecule has 1 aromatic heterocycles. The molecule has 1 aliphatic carbocycles. The van der Waals surface area contributed by atoms with Crippen LogP contribution >= 0.6 is 0 Å². The average molecular weight is 252 g/mol. The van der Waals surface area contributed by atoms with E-state index in [-0.39, 0.29) is 11.6 Å². The van der Waals surface area contributed by atoms with Gasteiger partial charge >= 0.3 is 11.7 Å². The summed E-state index contributed by atoms with van der Waals surface area (Å²) >= 11 is 0. The van der Waals surface area contributed by atoms with Crippen LogP contribution in [0.25, 0.3) is 0 Å². The molecule has 0 radical (unpaired) electrons. The Kier molecular flexibility index (Phi) is 2.90. The zero-order valence-electron chi connectivity index (χ0n) is 9.75. The number of aromatic nitrogens is 1. The molecule has 7 heteroatoms. The van der Waals surface area contributed by atoms with Crippen LogP contribution in [0.4, 0.5) is 5.69 Å². The number of hydrogen-bond donors (Lipinski definition) is 1. The molecule has 0 aliphatic heterocycles. The van der Waals surface area contributed by atoms with Crippen LogP contribution in [0, 0.1) is 10.1 Å². The first-order chi connectivity index (χ1) is 8.51. The van der Waals surface area contributed by atoms with Gasteiger partial charge in [-0.2, -0.15) is 0 Å². The maximum atomic E-state index is 11.3. The third kappa shape index (κ3) is 1.68. The van der Waals surface area contributed by atoms with Crippen molar-refractivity contribution in [3.8, 4) is 5.88 Å². The van der Waals surface area contributed by atoms with Gasteiger partial charge in [0.25, 0.3) is 5.88 Å². The first-order valence-corrected chi connectivity index (χ1v) is 5.43. The number of hydrogen-bond acceptors (Lipinski definition) is 5. The Morgan fingerprint density at radius 1 is 1.61 bits per heavy atom. The Morgan fingerprint density at radius 2 is 2.28 bits per heavy atom. The Hall–Kier alpha value is -2.18. The fraction of sp³-hybridized carbons (Fsp3) is 0.455. The van der Waals surface area contributed by atoms with Gasteiger partial charge in [0.2, 0.25) is 0 Å². The Balaban J connectivity index is 2.50. The molecule has 0 bridgehead atoms. The van der Waals surface area contributed by atoms with E-state index in [2.05, 4.69) is 4.98 Å². The average Bonchev–Trinajstić information content (AvgIpc) is 2.26. The highest BCUT2D eigenvalue weighted by Gasteiger charge is 2.47. The molecule has 0 saturated heterocycles. The number of carboxylic acid groups (broad SMARTS) is 1. The summed E-state index contributed by atoms with van der Waals surface area (Å²) in [6, 6.07) is 1.25. The number of pyridine rings is 1. The summed E-state index contributed by atoms with van der Waals surface area (Å²) in [5.41, 5.74) is -0.958. The third-order valence-electron chi connectivity index (χ3n) is 3.39. The van der Waals surface area contributed by atoms with E-state index in [4.69, 9.17) is 4.74 Å². The van der Waals surface area contributed by atoms with E-state index >= 15 is 0 Å². The van der Waals surface area contributed by atoms with E-state index in [9.17, 15) is 20.0 Å². The minimum atomic E-state index is -1.02. The van der Waals surface area contributed by atoms with Gasteiger partial charge in [0.05, 0.1) is 17.4 Å². The molecular formula is C11H12N2O5. The van der Waals surface area contributed by atoms with Gasteiger partial charge in [0.1, 0.15) is 0 Å². The van der Waals surface area contributed by atoms with Crippen molar-refractivity contribution in [3.63, 3.8) is 0 Å². The summed E-state index contributed by atoms with van der Waals surface area (Å²) in [6.07, 6.45) is 3.10. The number of aliphatic carboxylic acids is 1. The molecule has 96 valence electrons. The summed E-state index contributed by atoms with van der Waals surface area (Å²) in [6.45, 7) is 0. The van der Waals surface area contributed by atoms with Crippen LogP contribution in [-0.4, -0.2) is 28.1 Å². The SMILES string of the molecule is COc1ncc(C2(C(=O)O)CCC2)cc1[N+](=O)[O-]. The highest BCUT2D eigenvalue weighted by molar-refractivity contribution is 5.82. The fourth-order valence-corrected chi connectivity index (χ4v) is 2.15. The predicted octanol–water partition coefficient (Wildman–Crippen LogP) is 1.50. The molecule has 0 atom stereocenters. The number of ether oxygens (including phenoxy) is 1. The highest BCUT2D eigenvalue weighted by Crippen LogP contribution is 2.45. The Morgan fingerprint density at radius 3 is 2.67 bits per heavy atom. The van der Waals surface area contributed by atoms with E-state index < -0.39 is 16.3 Å². The van der Waals surface area contributed by atoms with Gasteiger partial charge in [0.15, 0.2) is 0 Å². The molecule has 0 spiro atoms. The van der Waals surface area contributed by atoms with Gasteiger partial charge in [-0.15, -0.1) is 0 Å². The van der Waals surface area contributed by atoms with E-state index in [1.807, 2.05) is 0 Å². The van der Waals surface area contributed by atoms with Crippen molar-refractivity contribution >= 4 is 11.7 Å². The molecule has 0 aromatic carbocycles. The lowest BCUT2D eigenvalue weighted by Crippen LogP contribution is -2.42. The van der Waals surface area contributed by atoms with Crippen molar-refractivity contribution in [1.82, 2.24) is 4.98 Å². The number of carboxylic acids is 1. The van der Waals surface area contributed by atoms with Crippen LogP contribution < -0.4 is 4.74 Å². The molecule has 2 rings (SSSR count). The molecule has 1 fully saturated rings. The smallest absolute Gasteiger partial charge is 0.331 e. The third-order valence-corrected chi connectivity index (χ3v) is 3.39. The summed E-state index contributed by atoms with van der Waals surface area (Å²) in [7, 11) is 1.28. The standard InChI is InChI=1S/C11H12N2O5/c1-18-9-8(13(16)17)5-7(6-12-9)11(10(14)15)3-2-4-11/h5-6H,2-4H2,1H3,(H,14,15). The molecule has 18 heavy (non-hydrogen) atoms. The van der Waals surface area contributed by atoms with Crippen LogP contribution in [0.15, 0.2) is 12.3 Å². The van der Waals surface area contributed by atoms with Crippen molar-refractivity contribution in [1.29, 1.82) is 0 Å². The van der Waals surface area contributed by atoms with Crippen LogP contribution in [0.5, 0.6) is 5.88 Å². The van der Waals surface area contributed by atoms with Gasteiger partial charge in [-0.05, 0) is 18.4 Å². The normalized spacial score (nSPS) is 16.7. The van der Waals surface area contributed by atoms with Crippen molar-refractivity contribution in [2.24, 2.45) is 0 Å². The van der Waals surface area contributed by atoms with Gasteiger partial charge in [-0.1, -0.05) is 6.42 Å². The number of nitro groups is 1. The second kappa shape index (κ2) is 4.25. The molecule has 0 unspecified atom stereocenters. The summed E-state index contributed by atoms with van der Waals surface area (Å²) in [5.74, 6) is -1.07. The van der Waals surface area contributed by atoms with E-state index in [1.165, 1.54) is 19.4 Å². The summed E-state index contributed by atoms with van der Waals surface area (Å²) in [5, 5.41) is 20.1. The zero-order valence-corrected chi connectivity index (χ0v) is 9.75. The molecule has 1 heterocycles. The van der Waals surface area contributed by atoms with Gasteiger partial charge in [-0.3, -0.25) is 14.9 Å². The van der Waals surface area contributed by atoms with E-state index in [0.29, 0.717) is 18.4 Å². The second-order valence-electron chi connectivity index (χ2n) is 4.25. The van der Waals surface area contributed by atoms with Crippen LogP contribution in [0.1, 0.15) is 24.8 Å². The minimum Gasteiger partial charge on any atom is -0.481 e. The molecule has 1 aromatic rings. The highest BCUT2D eigenvalue weighted by atomic mass is 16.6. The molecule has 1 N–H and O–H groups in total. The number of methoxy groups -OCH3 is 1. The number of rotatable bonds is 4. The Bertz CT molecular complexity index is 510.